The third kappa shape index (κ3) is 2.77. The van der Waals surface area contributed by atoms with E-state index in [0.29, 0.717) is 5.92 Å². The molecule has 2 fully saturated rings. The monoisotopic (exact) mass is 380 g/mol. The molecule has 0 aromatic heterocycles. The normalized spacial score (nSPS) is 31.6. The third-order valence-electron chi connectivity index (χ3n) is 7.01. The number of piperidine rings is 1. The van der Waals surface area contributed by atoms with E-state index < -0.39 is 0 Å². The van der Waals surface area contributed by atoms with E-state index in [-0.39, 0.29) is 16.8 Å². The van der Waals surface area contributed by atoms with Gasteiger partial charge in [0, 0.05) is 42.1 Å². The van der Waals surface area contributed by atoms with Crippen molar-refractivity contribution < 1.29 is 9.47 Å². The number of rotatable bonds is 1. The highest BCUT2D eigenvalue weighted by Crippen LogP contribution is 2.52. The predicted molar refractivity (Wildman–Crippen MR) is 113 cm³/mol. The number of benzene rings is 2. The van der Waals surface area contributed by atoms with E-state index in [4.69, 9.17) is 9.47 Å². The van der Waals surface area contributed by atoms with Crippen LogP contribution < -0.4 is 10.1 Å². The lowest BCUT2D eigenvalue weighted by Crippen LogP contribution is -2.77. The van der Waals surface area contributed by atoms with Crippen molar-refractivity contribution >= 4 is 10.8 Å². The lowest BCUT2D eigenvalue weighted by molar-refractivity contribution is -0.212. The molecular formula is C24H32N2O2. The van der Waals surface area contributed by atoms with Crippen molar-refractivity contribution in [3.63, 3.8) is 0 Å². The highest BCUT2D eigenvalue weighted by molar-refractivity contribution is 5.88. The van der Waals surface area contributed by atoms with Gasteiger partial charge in [0.25, 0.3) is 0 Å². The van der Waals surface area contributed by atoms with Gasteiger partial charge in [0.05, 0.1) is 13.2 Å². The Balaban J connectivity index is 1.68. The topological polar surface area (TPSA) is 33.7 Å². The lowest BCUT2D eigenvalue weighted by Gasteiger charge is -2.63. The molecule has 0 spiro atoms. The van der Waals surface area contributed by atoms with Gasteiger partial charge in [-0.25, -0.2) is 0 Å². The number of fused-ring (bicyclic) bond motifs is 4. The highest BCUT2D eigenvalue weighted by Gasteiger charge is 2.61. The third-order valence-corrected chi connectivity index (χ3v) is 7.01. The molecule has 3 aliphatic rings. The Morgan fingerprint density at radius 2 is 1.75 bits per heavy atom. The molecule has 0 amide bonds. The molecule has 2 saturated heterocycles. The summed E-state index contributed by atoms with van der Waals surface area (Å²) in [6, 6.07) is 13.1. The largest absolute Gasteiger partial charge is 0.472 e. The minimum atomic E-state index is -0.294. The zero-order valence-electron chi connectivity index (χ0n) is 17.5. The Morgan fingerprint density at radius 1 is 1.00 bits per heavy atom. The molecule has 2 atom stereocenters. The molecule has 28 heavy (non-hydrogen) atoms. The van der Waals surface area contributed by atoms with Crippen LogP contribution in [0.1, 0.15) is 39.7 Å². The van der Waals surface area contributed by atoms with Gasteiger partial charge in [-0.15, -0.1) is 0 Å². The fraction of sp³-hybridized carbons (Fsp3) is 0.583. The van der Waals surface area contributed by atoms with E-state index in [0.717, 1.165) is 44.9 Å². The smallest absolute Gasteiger partial charge is 0.170 e. The van der Waals surface area contributed by atoms with Crippen molar-refractivity contribution in [1.29, 1.82) is 0 Å². The molecule has 0 aliphatic carbocycles. The minimum absolute atomic E-state index is 0.00660. The van der Waals surface area contributed by atoms with Crippen LogP contribution in [0.3, 0.4) is 0 Å². The highest BCUT2D eigenvalue weighted by atomic mass is 16.5. The van der Waals surface area contributed by atoms with Crippen LogP contribution >= 0.6 is 0 Å². The van der Waals surface area contributed by atoms with Crippen molar-refractivity contribution in [1.82, 2.24) is 10.2 Å². The zero-order chi connectivity index (χ0) is 19.6. The fourth-order valence-corrected chi connectivity index (χ4v) is 6.20. The molecule has 4 heteroatoms. The number of morpholine rings is 1. The van der Waals surface area contributed by atoms with Crippen molar-refractivity contribution in [2.45, 2.75) is 57.3 Å². The van der Waals surface area contributed by atoms with Gasteiger partial charge in [0.1, 0.15) is 5.75 Å². The Hall–Kier alpha value is -1.62. The Morgan fingerprint density at radius 3 is 2.54 bits per heavy atom. The van der Waals surface area contributed by atoms with Crippen molar-refractivity contribution in [3.8, 4) is 5.75 Å². The second kappa shape index (κ2) is 6.19. The van der Waals surface area contributed by atoms with Gasteiger partial charge in [-0.1, -0.05) is 30.3 Å². The Labute approximate surface area is 168 Å². The first-order valence-corrected chi connectivity index (χ1v) is 10.6. The average Bonchev–Trinajstić information content (AvgIpc) is 2.66. The van der Waals surface area contributed by atoms with Gasteiger partial charge in [-0.2, -0.15) is 0 Å². The van der Waals surface area contributed by atoms with Crippen LogP contribution in [-0.2, 0) is 11.2 Å². The fourth-order valence-electron chi connectivity index (χ4n) is 6.20. The molecule has 0 radical (unpaired) electrons. The zero-order valence-corrected chi connectivity index (χ0v) is 17.5. The summed E-state index contributed by atoms with van der Waals surface area (Å²) >= 11 is 0. The first-order chi connectivity index (χ1) is 13.3. The van der Waals surface area contributed by atoms with Gasteiger partial charge in [-0.3, -0.25) is 4.90 Å². The summed E-state index contributed by atoms with van der Waals surface area (Å²) in [5.74, 6) is 1.43. The van der Waals surface area contributed by atoms with Gasteiger partial charge >= 0.3 is 0 Å². The molecular weight excluding hydrogens is 348 g/mol. The molecule has 3 aliphatic heterocycles. The second-order valence-corrected chi connectivity index (χ2v) is 9.97. The quantitative estimate of drug-likeness (QED) is 0.812. The van der Waals surface area contributed by atoms with Crippen LogP contribution in [0.4, 0.5) is 0 Å². The van der Waals surface area contributed by atoms with Crippen LogP contribution in [0.25, 0.3) is 10.8 Å². The van der Waals surface area contributed by atoms with E-state index in [1.165, 1.54) is 16.3 Å². The van der Waals surface area contributed by atoms with Crippen molar-refractivity contribution in [2.75, 3.05) is 26.3 Å². The summed E-state index contributed by atoms with van der Waals surface area (Å²) in [6.07, 6.45) is 2.00. The van der Waals surface area contributed by atoms with Crippen molar-refractivity contribution in [2.24, 2.45) is 5.92 Å². The maximum atomic E-state index is 7.07. The van der Waals surface area contributed by atoms with Crippen LogP contribution in [0, 0.1) is 5.92 Å². The molecule has 3 heterocycles. The molecule has 150 valence electrons. The first kappa shape index (κ1) is 18.4. The Bertz CT molecular complexity index is 901. The minimum Gasteiger partial charge on any atom is -0.472 e. The summed E-state index contributed by atoms with van der Waals surface area (Å²) in [5.41, 5.74) is 1.04. The summed E-state index contributed by atoms with van der Waals surface area (Å²) in [5, 5.41) is 6.56. The molecule has 2 aromatic carbocycles. The Kier molecular flexibility index (Phi) is 4.07. The van der Waals surface area contributed by atoms with E-state index in [9.17, 15) is 0 Å². The van der Waals surface area contributed by atoms with Gasteiger partial charge in [0.2, 0.25) is 0 Å². The number of nitrogens with one attached hydrogen (secondary N) is 1. The van der Waals surface area contributed by atoms with Crippen LogP contribution in [0.2, 0.25) is 0 Å². The summed E-state index contributed by atoms with van der Waals surface area (Å²) in [4.78, 5) is 2.57. The summed E-state index contributed by atoms with van der Waals surface area (Å²) in [7, 11) is 0. The molecule has 4 nitrogen and oxygen atoms in total. The first-order valence-electron chi connectivity index (χ1n) is 10.6. The lowest BCUT2D eigenvalue weighted by atomic mass is 9.64. The van der Waals surface area contributed by atoms with Crippen molar-refractivity contribution in [3.05, 3.63) is 42.0 Å². The summed E-state index contributed by atoms with van der Waals surface area (Å²) in [6.45, 7) is 12.8. The van der Waals surface area contributed by atoms with Gasteiger partial charge < -0.3 is 14.8 Å². The van der Waals surface area contributed by atoms with E-state index >= 15 is 0 Å². The second-order valence-electron chi connectivity index (χ2n) is 9.97. The number of nitrogens with zero attached hydrogens (tertiary/aromatic N) is 1. The maximum absolute atomic E-state index is 7.07. The molecule has 0 bridgehead atoms. The van der Waals surface area contributed by atoms with Gasteiger partial charge in [-0.05, 0) is 51.0 Å². The standard InChI is InChI=1S/C24H32N2O2/c1-22(2)16-24(26-11-13-27-14-12-26)21(23(3,4)25-22)15-19-18-8-6-5-7-17(18)9-10-20(19)28-24/h5-10,21,25H,11-16H2,1-4H3/t21-,24-/m1/s1. The summed E-state index contributed by atoms with van der Waals surface area (Å²) < 4.78 is 12.8. The molecule has 0 unspecified atom stereocenters. The predicted octanol–water partition coefficient (Wildman–Crippen LogP) is 3.97. The van der Waals surface area contributed by atoms with Crippen LogP contribution in [0.15, 0.2) is 36.4 Å². The number of hydrogen-bond donors (Lipinski definition) is 1. The van der Waals surface area contributed by atoms with E-state index in [1.807, 2.05) is 0 Å². The molecule has 5 rings (SSSR count). The van der Waals surface area contributed by atoms with E-state index in [1.54, 1.807) is 0 Å². The maximum Gasteiger partial charge on any atom is 0.170 e. The van der Waals surface area contributed by atoms with E-state index in [2.05, 4.69) is 74.3 Å². The molecule has 1 N–H and O–H groups in total. The van der Waals surface area contributed by atoms with Crippen LogP contribution in [0.5, 0.6) is 5.75 Å². The number of ether oxygens (including phenoxy) is 2. The molecule has 2 aromatic rings. The SMILES string of the molecule is CC1(C)C[C@@]2(N3CCOCC3)Oc3ccc4ccccc4c3C[C@@H]2C(C)(C)N1. The molecule has 0 saturated carbocycles. The number of hydrogen-bond acceptors (Lipinski definition) is 4. The van der Waals surface area contributed by atoms with Crippen LogP contribution in [-0.4, -0.2) is 48.0 Å². The van der Waals surface area contributed by atoms with Gasteiger partial charge in [0.15, 0.2) is 5.72 Å². The average molecular weight is 381 g/mol.